The van der Waals surface area contributed by atoms with Gasteiger partial charge >= 0.3 is 0 Å². The number of anilines is 2. The van der Waals surface area contributed by atoms with Gasteiger partial charge in [-0.3, -0.25) is 9.69 Å². The standard InChI is InChI=1S/C12H17N3O/c1-8(2)12(16)15(10-4-5-10)11-6-3-9(13)7-14-11/h3,6-8,10H,4-5,13H2,1-2H3. The molecule has 0 unspecified atom stereocenters. The largest absolute Gasteiger partial charge is 0.397 e. The Kier molecular flexibility index (Phi) is 2.81. The van der Waals surface area contributed by atoms with Gasteiger partial charge < -0.3 is 5.73 Å². The zero-order valence-corrected chi connectivity index (χ0v) is 9.68. The molecule has 0 aromatic carbocycles. The van der Waals surface area contributed by atoms with Crippen LogP contribution < -0.4 is 10.6 Å². The van der Waals surface area contributed by atoms with Crippen molar-refractivity contribution in [1.82, 2.24) is 4.98 Å². The van der Waals surface area contributed by atoms with Crippen LogP contribution in [0.5, 0.6) is 0 Å². The summed E-state index contributed by atoms with van der Waals surface area (Å²) >= 11 is 0. The van der Waals surface area contributed by atoms with E-state index in [0.717, 1.165) is 18.7 Å². The average Bonchev–Trinajstić information content (AvgIpc) is 3.05. The molecule has 4 heteroatoms. The van der Waals surface area contributed by atoms with Gasteiger partial charge in [-0.25, -0.2) is 4.98 Å². The van der Waals surface area contributed by atoms with E-state index in [9.17, 15) is 4.79 Å². The average molecular weight is 219 g/mol. The smallest absolute Gasteiger partial charge is 0.230 e. The zero-order chi connectivity index (χ0) is 11.7. The van der Waals surface area contributed by atoms with E-state index in [2.05, 4.69) is 4.98 Å². The molecular formula is C12H17N3O. The van der Waals surface area contributed by atoms with Crippen molar-refractivity contribution in [3.63, 3.8) is 0 Å². The highest BCUT2D eigenvalue weighted by Crippen LogP contribution is 2.31. The zero-order valence-electron chi connectivity index (χ0n) is 9.68. The highest BCUT2D eigenvalue weighted by atomic mass is 16.2. The lowest BCUT2D eigenvalue weighted by Gasteiger charge is -2.23. The van der Waals surface area contributed by atoms with Crippen molar-refractivity contribution in [2.24, 2.45) is 5.92 Å². The van der Waals surface area contributed by atoms with Gasteiger partial charge in [0.15, 0.2) is 0 Å². The molecule has 16 heavy (non-hydrogen) atoms. The van der Waals surface area contributed by atoms with Gasteiger partial charge in [0.1, 0.15) is 5.82 Å². The van der Waals surface area contributed by atoms with Gasteiger partial charge in [0.25, 0.3) is 0 Å². The number of hydrogen-bond donors (Lipinski definition) is 1. The number of nitrogens with two attached hydrogens (primary N) is 1. The van der Waals surface area contributed by atoms with Crippen LogP contribution in [0.1, 0.15) is 26.7 Å². The van der Waals surface area contributed by atoms with Crippen molar-refractivity contribution in [2.45, 2.75) is 32.7 Å². The number of amides is 1. The fourth-order valence-corrected chi connectivity index (χ4v) is 1.63. The van der Waals surface area contributed by atoms with E-state index in [0.29, 0.717) is 11.7 Å². The second-order valence-corrected chi connectivity index (χ2v) is 4.54. The Labute approximate surface area is 95.5 Å². The summed E-state index contributed by atoms with van der Waals surface area (Å²) in [7, 11) is 0. The van der Waals surface area contributed by atoms with E-state index in [1.165, 1.54) is 0 Å². The molecule has 0 atom stereocenters. The molecule has 1 aromatic heterocycles. The van der Waals surface area contributed by atoms with E-state index >= 15 is 0 Å². The molecule has 0 bridgehead atoms. The molecule has 86 valence electrons. The van der Waals surface area contributed by atoms with E-state index < -0.39 is 0 Å². The summed E-state index contributed by atoms with van der Waals surface area (Å²) in [4.78, 5) is 18.1. The lowest BCUT2D eigenvalue weighted by atomic mass is 10.2. The third-order valence-corrected chi connectivity index (χ3v) is 2.66. The van der Waals surface area contributed by atoms with Crippen LogP contribution >= 0.6 is 0 Å². The molecule has 0 saturated heterocycles. The Bertz CT molecular complexity index is 382. The second-order valence-electron chi connectivity index (χ2n) is 4.54. The highest BCUT2D eigenvalue weighted by molar-refractivity contribution is 5.94. The van der Waals surface area contributed by atoms with Gasteiger partial charge in [-0.1, -0.05) is 13.8 Å². The third kappa shape index (κ3) is 2.15. The first kappa shape index (κ1) is 10.9. The van der Waals surface area contributed by atoms with Crippen molar-refractivity contribution in [3.8, 4) is 0 Å². The second kappa shape index (κ2) is 4.12. The number of nitrogens with zero attached hydrogens (tertiary/aromatic N) is 2. The monoisotopic (exact) mass is 219 g/mol. The molecule has 1 heterocycles. The van der Waals surface area contributed by atoms with Gasteiger partial charge in [-0.15, -0.1) is 0 Å². The van der Waals surface area contributed by atoms with E-state index in [-0.39, 0.29) is 11.8 Å². The minimum Gasteiger partial charge on any atom is -0.397 e. The number of pyridine rings is 1. The minimum absolute atomic E-state index is 0.0000435. The van der Waals surface area contributed by atoms with E-state index in [4.69, 9.17) is 5.73 Å². The molecule has 1 aromatic rings. The molecular weight excluding hydrogens is 202 g/mol. The number of nitrogen functional groups attached to an aromatic ring is 1. The first-order valence-electron chi connectivity index (χ1n) is 5.64. The fourth-order valence-electron chi connectivity index (χ4n) is 1.63. The van der Waals surface area contributed by atoms with Crippen LogP contribution in [0.15, 0.2) is 18.3 Å². The van der Waals surface area contributed by atoms with Crippen LogP contribution in [0.4, 0.5) is 11.5 Å². The van der Waals surface area contributed by atoms with Crippen LogP contribution in [-0.2, 0) is 4.79 Å². The van der Waals surface area contributed by atoms with Crippen molar-refractivity contribution in [3.05, 3.63) is 18.3 Å². The van der Waals surface area contributed by atoms with Crippen LogP contribution in [0, 0.1) is 5.92 Å². The van der Waals surface area contributed by atoms with E-state index in [1.807, 2.05) is 24.8 Å². The Balaban J connectivity index is 2.25. The van der Waals surface area contributed by atoms with Crippen molar-refractivity contribution in [2.75, 3.05) is 10.6 Å². The number of aromatic nitrogens is 1. The summed E-state index contributed by atoms with van der Waals surface area (Å²) < 4.78 is 0. The topological polar surface area (TPSA) is 59.2 Å². The number of carbonyl (C=O) groups is 1. The Morgan fingerprint density at radius 3 is 2.62 bits per heavy atom. The molecule has 1 fully saturated rings. The maximum atomic E-state index is 12.1. The van der Waals surface area contributed by atoms with Crippen molar-refractivity contribution < 1.29 is 4.79 Å². The third-order valence-electron chi connectivity index (χ3n) is 2.66. The quantitative estimate of drug-likeness (QED) is 0.843. The summed E-state index contributed by atoms with van der Waals surface area (Å²) in [5.74, 6) is 0.857. The lowest BCUT2D eigenvalue weighted by molar-refractivity contribution is -0.121. The first-order chi connectivity index (χ1) is 7.59. The Morgan fingerprint density at radius 2 is 2.19 bits per heavy atom. The van der Waals surface area contributed by atoms with Gasteiger partial charge in [0.05, 0.1) is 11.9 Å². The molecule has 0 spiro atoms. The van der Waals surface area contributed by atoms with Gasteiger partial charge in [0.2, 0.25) is 5.91 Å². The maximum absolute atomic E-state index is 12.1. The highest BCUT2D eigenvalue weighted by Gasteiger charge is 2.35. The molecule has 0 aliphatic heterocycles. The number of hydrogen-bond acceptors (Lipinski definition) is 3. The van der Waals surface area contributed by atoms with Gasteiger partial charge in [-0.2, -0.15) is 0 Å². The summed E-state index contributed by atoms with van der Waals surface area (Å²) in [6, 6.07) is 3.94. The van der Waals surface area contributed by atoms with E-state index in [1.54, 1.807) is 12.3 Å². The normalized spacial score (nSPS) is 15.2. The number of rotatable bonds is 3. The summed E-state index contributed by atoms with van der Waals surface area (Å²) in [5, 5.41) is 0. The molecule has 4 nitrogen and oxygen atoms in total. The van der Waals surface area contributed by atoms with Crippen LogP contribution in [-0.4, -0.2) is 16.9 Å². The molecule has 1 aliphatic rings. The minimum atomic E-state index is -0.0000435. The Hall–Kier alpha value is -1.58. The first-order valence-corrected chi connectivity index (χ1v) is 5.64. The number of carbonyl (C=O) groups excluding carboxylic acids is 1. The fraction of sp³-hybridized carbons (Fsp3) is 0.500. The van der Waals surface area contributed by atoms with Crippen molar-refractivity contribution >= 4 is 17.4 Å². The van der Waals surface area contributed by atoms with Gasteiger partial charge in [-0.05, 0) is 25.0 Å². The Morgan fingerprint density at radius 1 is 1.50 bits per heavy atom. The predicted molar refractivity (Wildman–Crippen MR) is 64.0 cm³/mol. The summed E-state index contributed by atoms with van der Waals surface area (Å²) in [6.07, 6.45) is 3.74. The predicted octanol–water partition coefficient (Wildman–Crippen LogP) is 1.82. The summed E-state index contributed by atoms with van der Waals surface area (Å²) in [5.41, 5.74) is 6.21. The molecule has 1 amide bonds. The van der Waals surface area contributed by atoms with Crippen molar-refractivity contribution in [1.29, 1.82) is 0 Å². The SMILES string of the molecule is CC(C)C(=O)N(c1ccc(N)cn1)C1CC1. The van der Waals surface area contributed by atoms with Gasteiger partial charge in [0, 0.05) is 12.0 Å². The van der Waals surface area contributed by atoms with Crippen LogP contribution in [0.2, 0.25) is 0 Å². The lowest BCUT2D eigenvalue weighted by Crippen LogP contribution is -2.36. The van der Waals surface area contributed by atoms with Crippen LogP contribution in [0.3, 0.4) is 0 Å². The molecule has 2 N–H and O–H groups in total. The molecule has 1 aliphatic carbocycles. The molecule has 1 saturated carbocycles. The van der Waals surface area contributed by atoms with Crippen LogP contribution in [0.25, 0.3) is 0 Å². The summed E-state index contributed by atoms with van der Waals surface area (Å²) in [6.45, 7) is 3.82. The molecule has 0 radical (unpaired) electrons. The maximum Gasteiger partial charge on any atom is 0.230 e. The molecule has 2 rings (SSSR count).